The number of carboxylic acid groups (broad SMARTS) is 2. The van der Waals surface area contributed by atoms with Gasteiger partial charge < -0.3 is 37.6 Å². The first-order valence-corrected chi connectivity index (χ1v) is 8.72. The van der Waals surface area contributed by atoms with Crippen molar-refractivity contribution in [1.29, 1.82) is 0 Å². The zero-order valence-corrected chi connectivity index (χ0v) is 16.1. The standard InChI is InChI=1S/C16H27N5O8/c1-7(2)13(16(28)29)21-14(26)8(3-4-12(24)25)20-15(27)9(5-10(18)22)19-11(23)6-17/h7-9,13H,3-6,17H2,1-2H3,(H2,18,22)(H,19,23)(H,20,27)(H,21,26)(H,24,25)(H,28,29). The number of nitrogens with one attached hydrogen (secondary N) is 3. The molecule has 0 saturated heterocycles. The van der Waals surface area contributed by atoms with E-state index in [-0.39, 0.29) is 6.42 Å². The third-order valence-corrected chi connectivity index (χ3v) is 3.75. The highest BCUT2D eigenvalue weighted by Crippen LogP contribution is 2.06. The summed E-state index contributed by atoms with van der Waals surface area (Å²) in [5, 5.41) is 24.6. The maximum atomic E-state index is 12.5. The second-order valence-corrected chi connectivity index (χ2v) is 6.56. The lowest BCUT2D eigenvalue weighted by molar-refractivity contribution is -0.144. The molecule has 0 rings (SSSR count). The molecule has 164 valence electrons. The Labute approximate surface area is 166 Å². The van der Waals surface area contributed by atoms with Gasteiger partial charge in [-0.15, -0.1) is 0 Å². The van der Waals surface area contributed by atoms with E-state index in [0.29, 0.717) is 0 Å². The predicted octanol–water partition coefficient (Wildman–Crippen LogP) is -3.12. The lowest BCUT2D eigenvalue weighted by atomic mass is 10.0. The first-order valence-electron chi connectivity index (χ1n) is 8.72. The molecule has 3 unspecified atom stereocenters. The van der Waals surface area contributed by atoms with Crippen molar-refractivity contribution in [1.82, 2.24) is 16.0 Å². The monoisotopic (exact) mass is 417 g/mol. The van der Waals surface area contributed by atoms with Gasteiger partial charge in [-0.25, -0.2) is 4.79 Å². The van der Waals surface area contributed by atoms with Crippen LogP contribution in [0.3, 0.4) is 0 Å². The van der Waals surface area contributed by atoms with Crippen LogP contribution in [0.15, 0.2) is 0 Å². The van der Waals surface area contributed by atoms with E-state index in [1.165, 1.54) is 0 Å². The van der Waals surface area contributed by atoms with E-state index in [1.807, 2.05) is 0 Å². The first-order chi connectivity index (χ1) is 13.4. The Bertz CT molecular complexity index is 651. The lowest BCUT2D eigenvalue weighted by Gasteiger charge is -2.25. The summed E-state index contributed by atoms with van der Waals surface area (Å²) in [5.74, 6) is -6.63. The van der Waals surface area contributed by atoms with Crippen molar-refractivity contribution in [3.8, 4) is 0 Å². The van der Waals surface area contributed by atoms with E-state index in [4.69, 9.17) is 16.6 Å². The van der Waals surface area contributed by atoms with Crippen LogP contribution in [0, 0.1) is 5.92 Å². The van der Waals surface area contributed by atoms with Crippen molar-refractivity contribution in [3.63, 3.8) is 0 Å². The molecule has 0 saturated carbocycles. The van der Waals surface area contributed by atoms with E-state index in [1.54, 1.807) is 13.8 Å². The van der Waals surface area contributed by atoms with Gasteiger partial charge in [0, 0.05) is 6.42 Å². The van der Waals surface area contributed by atoms with Crippen LogP contribution in [0.4, 0.5) is 0 Å². The Kier molecular flexibility index (Phi) is 10.9. The average Bonchev–Trinajstić information content (AvgIpc) is 2.60. The van der Waals surface area contributed by atoms with Gasteiger partial charge in [-0.1, -0.05) is 13.8 Å². The van der Waals surface area contributed by atoms with E-state index in [2.05, 4.69) is 16.0 Å². The minimum absolute atomic E-state index is 0.356. The van der Waals surface area contributed by atoms with Gasteiger partial charge >= 0.3 is 11.9 Å². The number of carbonyl (C=O) groups is 6. The Morgan fingerprint density at radius 3 is 1.86 bits per heavy atom. The number of carboxylic acids is 2. The van der Waals surface area contributed by atoms with E-state index >= 15 is 0 Å². The molecule has 0 aliphatic rings. The Morgan fingerprint density at radius 1 is 0.897 bits per heavy atom. The van der Waals surface area contributed by atoms with Crippen molar-refractivity contribution in [3.05, 3.63) is 0 Å². The van der Waals surface area contributed by atoms with Gasteiger partial charge in [0.1, 0.15) is 18.1 Å². The third kappa shape index (κ3) is 10.0. The highest BCUT2D eigenvalue weighted by molar-refractivity contribution is 5.95. The summed E-state index contributed by atoms with van der Waals surface area (Å²) in [6.45, 7) is 2.63. The molecule has 0 aliphatic heterocycles. The van der Waals surface area contributed by atoms with Gasteiger partial charge in [0.2, 0.25) is 23.6 Å². The van der Waals surface area contributed by atoms with Crippen molar-refractivity contribution >= 4 is 35.6 Å². The van der Waals surface area contributed by atoms with E-state index in [9.17, 15) is 33.9 Å². The van der Waals surface area contributed by atoms with Gasteiger partial charge in [0.05, 0.1) is 13.0 Å². The number of aliphatic carboxylic acids is 2. The van der Waals surface area contributed by atoms with E-state index < -0.39 is 79.0 Å². The predicted molar refractivity (Wildman–Crippen MR) is 98.0 cm³/mol. The molecule has 3 atom stereocenters. The Morgan fingerprint density at radius 2 is 1.45 bits per heavy atom. The van der Waals surface area contributed by atoms with Crippen molar-refractivity contribution < 1.29 is 39.0 Å². The number of primary amides is 1. The molecule has 0 heterocycles. The maximum absolute atomic E-state index is 12.5. The fourth-order valence-corrected chi connectivity index (χ4v) is 2.24. The molecule has 0 spiro atoms. The molecular weight excluding hydrogens is 390 g/mol. The Hall–Kier alpha value is -3.22. The van der Waals surface area contributed by atoms with Crippen LogP contribution in [0.25, 0.3) is 0 Å². The minimum atomic E-state index is -1.44. The molecule has 13 heteroatoms. The second-order valence-electron chi connectivity index (χ2n) is 6.56. The van der Waals surface area contributed by atoms with E-state index in [0.717, 1.165) is 0 Å². The molecule has 0 aromatic heterocycles. The molecule has 0 fully saturated rings. The summed E-state index contributed by atoms with van der Waals surface area (Å²) >= 11 is 0. The molecule has 0 radical (unpaired) electrons. The zero-order valence-electron chi connectivity index (χ0n) is 16.1. The molecular formula is C16H27N5O8. The third-order valence-electron chi connectivity index (χ3n) is 3.75. The van der Waals surface area contributed by atoms with Gasteiger partial charge in [-0.3, -0.25) is 24.0 Å². The summed E-state index contributed by atoms with van der Waals surface area (Å²) in [6, 6.07) is -4.14. The molecule has 29 heavy (non-hydrogen) atoms. The van der Waals surface area contributed by atoms with Gasteiger partial charge in [0.15, 0.2) is 0 Å². The highest BCUT2D eigenvalue weighted by Gasteiger charge is 2.31. The number of rotatable bonds is 13. The number of amides is 4. The van der Waals surface area contributed by atoms with Crippen LogP contribution >= 0.6 is 0 Å². The molecule has 4 amide bonds. The smallest absolute Gasteiger partial charge is 0.326 e. The molecule has 9 N–H and O–H groups in total. The van der Waals surface area contributed by atoms with Gasteiger partial charge in [-0.2, -0.15) is 0 Å². The number of hydrogen-bond donors (Lipinski definition) is 7. The van der Waals surface area contributed by atoms with Crippen LogP contribution in [-0.4, -0.2) is 70.5 Å². The minimum Gasteiger partial charge on any atom is -0.481 e. The van der Waals surface area contributed by atoms with Crippen LogP contribution < -0.4 is 27.4 Å². The first kappa shape index (κ1) is 25.8. The topological polar surface area (TPSA) is 231 Å². The summed E-state index contributed by atoms with van der Waals surface area (Å²) < 4.78 is 0. The average molecular weight is 417 g/mol. The van der Waals surface area contributed by atoms with Crippen LogP contribution in [0.2, 0.25) is 0 Å². The fourth-order valence-electron chi connectivity index (χ4n) is 2.24. The van der Waals surface area contributed by atoms with Crippen LogP contribution in [0.1, 0.15) is 33.1 Å². The van der Waals surface area contributed by atoms with Crippen molar-refractivity contribution in [2.75, 3.05) is 6.54 Å². The molecule has 0 aliphatic carbocycles. The van der Waals surface area contributed by atoms with Crippen LogP contribution in [-0.2, 0) is 28.8 Å². The quantitative estimate of drug-likeness (QED) is 0.160. The summed E-state index contributed by atoms with van der Waals surface area (Å²) in [4.78, 5) is 69.6. The van der Waals surface area contributed by atoms with Gasteiger partial charge in [-0.05, 0) is 12.3 Å². The van der Waals surface area contributed by atoms with Crippen molar-refractivity contribution in [2.24, 2.45) is 17.4 Å². The molecule has 0 aromatic rings. The zero-order chi connectivity index (χ0) is 22.7. The number of carbonyl (C=O) groups excluding carboxylic acids is 4. The maximum Gasteiger partial charge on any atom is 0.326 e. The summed E-state index contributed by atoms with van der Waals surface area (Å²) in [5.41, 5.74) is 10.2. The SMILES string of the molecule is CC(C)C(NC(=O)C(CCC(=O)O)NC(=O)C(CC(N)=O)NC(=O)CN)C(=O)O. The van der Waals surface area contributed by atoms with Gasteiger partial charge in [0.25, 0.3) is 0 Å². The van der Waals surface area contributed by atoms with Crippen LogP contribution in [0.5, 0.6) is 0 Å². The summed E-state index contributed by atoms with van der Waals surface area (Å²) in [6.07, 6.45) is -1.45. The largest absolute Gasteiger partial charge is 0.481 e. The molecule has 13 nitrogen and oxygen atoms in total. The summed E-state index contributed by atoms with van der Waals surface area (Å²) in [7, 11) is 0. The van der Waals surface area contributed by atoms with Crippen molar-refractivity contribution in [2.45, 2.75) is 51.2 Å². The molecule has 0 aromatic carbocycles. The highest BCUT2D eigenvalue weighted by atomic mass is 16.4. The fraction of sp³-hybridized carbons (Fsp3) is 0.625. The Balaban J connectivity index is 5.45. The second kappa shape index (κ2) is 12.3. The number of hydrogen-bond acceptors (Lipinski definition) is 7. The normalized spacial score (nSPS) is 13.7. The lowest BCUT2D eigenvalue weighted by Crippen LogP contribution is -2.57. The molecule has 0 bridgehead atoms. The number of nitrogens with two attached hydrogens (primary N) is 2.